The number of hydrogen-bond acceptors (Lipinski definition) is 3. The van der Waals surface area contributed by atoms with Gasteiger partial charge in [0.15, 0.2) is 5.11 Å². The second kappa shape index (κ2) is 6.40. The van der Waals surface area contributed by atoms with Crippen molar-refractivity contribution in [3.05, 3.63) is 64.8 Å². The van der Waals surface area contributed by atoms with Crippen LogP contribution in [-0.4, -0.2) is 18.1 Å². The number of rotatable bonds is 3. The number of ether oxygens (including phenoxy) is 1. The maximum Gasteiger partial charge on any atom is 0.281 e. The molecule has 3 rings (SSSR count). The minimum Gasteiger partial charge on any atom is -0.497 e. The number of nitrogens with zero attached hydrogens (tertiary/aromatic N) is 1. The lowest BCUT2D eigenvalue weighted by Gasteiger charge is -2.14. The normalized spacial score (nSPS) is 15.9. The molecule has 0 bridgehead atoms. The Bertz CT molecular complexity index is 820. The molecule has 1 aliphatic rings. The van der Waals surface area contributed by atoms with Gasteiger partial charge in [-0.2, -0.15) is 0 Å². The highest BCUT2D eigenvalue weighted by molar-refractivity contribution is 7.80. The van der Waals surface area contributed by atoms with Crippen LogP contribution in [-0.2, 0) is 4.79 Å². The van der Waals surface area contributed by atoms with Crippen LogP contribution in [0.1, 0.15) is 5.56 Å². The molecule has 1 N–H and O–H groups in total. The van der Waals surface area contributed by atoms with E-state index in [0.29, 0.717) is 27.3 Å². The Morgan fingerprint density at radius 1 is 1.22 bits per heavy atom. The van der Waals surface area contributed by atoms with E-state index in [0.717, 1.165) is 5.56 Å². The molecule has 0 unspecified atom stereocenters. The van der Waals surface area contributed by atoms with Gasteiger partial charge in [0.2, 0.25) is 0 Å². The summed E-state index contributed by atoms with van der Waals surface area (Å²) in [4.78, 5) is 14.1. The summed E-state index contributed by atoms with van der Waals surface area (Å²) in [5.41, 5.74) is 1.88. The summed E-state index contributed by atoms with van der Waals surface area (Å²) >= 11 is 11.3. The number of thiocarbonyl (C=S) groups is 1. The summed E-state index contributed by atoms with van der Waals surface area (Å²) in [7, 11) is 1.58. The molecule has 1 aliphatic heterocycles. The predicted molar refractivity (Wildman–Crippen MR) is 95.6 cm³/mol. The Morgan fingerprint density at radius 3 is 2.74 bits per heavy atom. The molecular formula is C17H13ClN2O2S. The van der Waals surface area contributed by atoms with E-state index in [4.69, 9.17) is 28.6 Å². The minimum absolute atomic E-state index is 0.219. The van der Waals surface area contributed by atoms with Crippen LogP contribution in [0.3, 0.4) is 0 Å². The Labute approximate surface area is 144 Å². The number of methoxy groups -OCH3 is 1. The largest absolute Gasteiger partial charge is 0.497 e. The van der Waals surface area contributed by atoms with Gasteiger partial charge in [0.1, 0.15) is 11.4 Å². The number of nitrogens with one attached hydrogen (secondary N) is 1. The molecule has 6 heteroatoms. The second-order valence-electron chi connectivity index (χ2n) is 4.89. The Morgan fingerprint density at radius 2 is 2.00 bits per heavy atom. The number of benzene rings is 2. The number of carbonyl (C=O) groups is 1. The summed E-state index contributed by atoms with van der Waals surface area (Å²) in [6, 6.07) is 14.4. The molecule has 2 aromatic carbocycles. The first-order valence-electron chi connectivity index (χ1n) is 6.85. The van der Waals surface area contributed by atoms with E-state index < -0.39 is 0 Å². The van der Waals surface area contributed by atoms with E-state index in [9.17, 15) is 4.79 Å². The third-order valence-corrected chi connectivity index (χ3v) is 3.87. The molecule has 0 saturated carbocycles. The lowest BCUT2D eigenvalue weighted by Crippen LogP contribution is -2.30. The summed E-state index contributed by atoms with van der Waals surface area (Å²) < 4.78 is 5.19. The van der Waals surface area contributed by atoms with Crippen molar-refractivity contribution in [2.75, 3.05) is 12.0 Å². The third-order valence-electron chi connectivity index (χ3n) is 3.35. The smallest absolute Gasteiger partial charge is 0.281 e. The van der Waals surface area contributed by atoms with Gasteiger partial charge in [-0.15, -0.1) is 0 Å². The molecule has 0 aliphatic carbocycles. The molecule has 0 spiro atoms. The van der Waals surface area contributed by atoms with Crippen molar-refractivity contribution in [3.63, 3.8) is 0 Å². The molecule has 0 atom stereocenters. The van der Waals surface area contributed by atoms with Gasteiger partial charge in [-0.1, -0.05) is 29.8 Å². The van der Waals surface area contributed by atoms with E-state index in [-0.39, 0.29) is 5.91 Å². The van der Waals surface area contributed by atoms with E-state index in [1.165, 1.54) is 4.90 Å². The molecular weight excluding hydrogens is 332 g/mol. The van der Waals surface area contributed by atoms with Crippen molar-refractivity contribution in [3.8, 4) is 5.75 Å². The van der Waals surface area contributed by atoms with Gasteiger partial charge < -0.3 is 10.1 Å². The van der Waals surface area contributed by atoms with Crippen molar-refractivity contribution in [1.82, 2.24) is 5.32 Å². The number of amides is 1. The highest BCUT2D eigenvalue weighted by Crippen LogP contribution is 2.26. The van der Waals surface area contributed by atoms with Crippen LogP contribution in [0.2, 0.25) is 5.02 Å². The van der Waals surface area contributed by atoms with E-state index in [1.54, 1.807) is 37.5 Å². The molecule has 116 valence electrons. The topological polar surface area (TPSA) is 41.6 Å². The number of halogens is 1. The summed E-state index contributed by atoms with van der Waals surface area (Å²) in [6.45, 7) is 0. The number of carbonyl (C=O) groups excluding carboxylic acids is 1. The zero-order chi connectivity index (χ0) is 16.4. The first-order chi connectivity index (χ1) is 11.1. The van der Waals surface area contributed by atoms with Crippen molar-refractivity contribution >= 4 is 46.6 Å². The van der Waals surface area contributed by atoms with Gasteiger partial charge in [0, 0.05) is 11.1 Å². The highest BCUT2D eigenvalue weighted by Gasteiger charge is 2.32. The zero-order valence-electron chi connectivity index (χ0n) is 12.2. The molecule has 1 saturated heterocycles. The molecule has 1 amide bonds. The first-order valence-corrected chi connectivity index (χ1v) is 7.64. The van der Waals surface area contributed by atoms with Crippen LogP contribution in [0, 0.1) is 0 Å². The van der Waals surface area contributed by atoms with Gasteiger partial charge in [-0.05, 0) is 48.1 Å². The van der Waals surface area contributed by atoms with Gasteiger partial charge in [-0.25, -0.2) is 0 Å². The Hall–Kier alpha value is -2.37. The zero-order valence-corrected chi connectivity index (χ0v) is 13.8. The van der Waals surface area contributed by atoms with Crippen molar-refractivity contribution in [2.45, 2.75) is 0 Å². The van der Waals surface area contributed by atoms with E-state index >= 15 is 0 Å². The minimum atomic E-state index is -0.219. The molecule has 4 nitrogen and oxygen atoms in total. The average molecular weight is 345 g/mol. The van der Waals surface area contributed by atoms with E-state index in [1.807, 2.05) is 24.3 Å². The van der Waals surface area contributed by atoms with Crippen LogP contribution < -0.4 is 15.0 Å². The van der Waals surface area contributed by atoms with Crippen LogP contribution in [0.15, 0.2) is 54.2 Å². The summed E-state index contributed by atoms with van der Waals surface area (Å²) in [6.07, 6.45) is 1.72. The lowest BCUT2D eigenvalue weighted by atomic mass is 10.2. The van der Waals surface area contributed by atoms with Crippen LogP contribution in [0.25, 0.3) is 6.08 Å². The SMILES string of the molecule is COc1cccc(N2C(=O)C(=Cc3cccc(Cl)c3)NC2=S)c1. The maximum atomic E-state index is 12.6. The second-order valence-corrected chi connectivity index (χ2v) is 5.71. The number of hydrogen-bond donors (Lipinski definition) is 1. The Kier molecular flexibility index (Phi) is 4.32. The predicted octanol–water partition coefficient (Wildman–Crippen LogP) is 3.61. The molecule has 0 radical (unpaired) electrons. The average Bonchev–Trinajstić information content (AvgIpc) is 2.81. The third kappa shape index (κ3) is 3.21. The fourth-order valence-corrected chi connectivity index (χ4v) is 2.78. The maximum absolute atomic E-state index is 12.6. The van der Waals surface area contributed by atoms with Crippen molar-refractivity contribution in [2.24, 2.45) is 0 Å². The van der Waals surface area contributed by atoms with Crippen LogP contribution in [0.4, 0.5) is 5.69 Å². The first kappa shape index (κ1) is 15.5. The Balaban J connectivity index is 1.93. The van der Waals surface area contributed by atoms with Crippen molar-refractivity contribution < 1.29 is 9.53 Å². The highest BCUT2D eigenvalue weighted by atomic mass is 35.5. The molecule has 23 heavy (non-hydrogen) atoms. The van der Waals surface area contributed by atoms with Crippen molar-refractivity contribution in [1.29, 1.82) is 0 Å². The molecule has 1 fully saturated rings. The van der Waals surface area contributed by atoms with Gasteiger partial charge in [0.05, 0.1) is 12.8 Å². The summed E-state index contributed by atoms with van der Waals surface area (Å²) in [5.74, 6) is 0.439. The van der Waals surface area contributed by atoms with Crippen LogP contribution >= 0.6 is 23.8 Å². The number of anilines is 1. The molecule has 2 aromatic rings. The molecule has 0 aromatic heterocycles. The van der Waals surface area contributed by atoms with Crippen LogP contribution in [0.5, 0.6) is 5.75 Å². The van der Waals surface area contributed by atoms with Gasteiger partial charge >= 0.3 is 0 Å². The standard InChI is InChI=1S/C17H13ClN2O2S/c1-22-14-7-3-6-13(10-14)20-16(21)15(19-17(20)23)9-11-4-2-5-12(18)8-11/h2-10H,1H3,(H,19,23). The fraction of sp³-hybridized carbons (Fsp3) is 0.0588. The van der Waals surface area contributed by atoms with Gasteiger partial charge in [0.25, 0.3) is 5.91 Å². The molecule has 1 heterocycles. The lowest BCUT2D eigenvalue weighted by molar-refractivity contribution is -0.113. The monoisotopic (exact) mass is 344 g/mol. The fourth-order valence-electron chi connectivity index (χ4n) is 2.28. The van der Waals surface area contributed by atoms with E-state index in [2.05, 4.69) is 5.32 Å². The summed E-state index contributed by atoms with van der Waals surface area (Å²) in [5, 5.41) is 3.88. The quantitative estimate of drug-likeness (QED) is 0.682. The van der Waals surface area contributed by atoms with Gasteiger partial charge in [-0.3, -0.25) is 9.69 Å².